The van der Waals surface area contributed by atoms with Gasteiger partial charge in [0.2, 0.25) is 0 Å². The van der Waals surface area contributed by atoms with Crippen molar-refractivity contribution in [2.75, 3.05) is 5.73 Å². The van der Waals surface area contributed by atoms with Gasteiger partial charge < -0.3 is 10.5 Å². The summed E-state index contributed by atoms with van der Waals surface area (Å²) in [6, 6.07) is 14.0. The van der Waals surface area contributed by atoms with E-state index in [0.717, 1.165) is 29.2 Å². The standard InChI is InChI=1S/C17H21NO/c1-4-12(2)15-7-5-6-8-17(15)19-14-9-10-16(18)13(3)11-14/h5-12H,4,18H2,1-3H3. The van der Waals surface area contributed by atoms with Gasteiger partial charge in [-0.25, -0.2) is 0 Å². The SMILES string of the molecule is CCC(C)c1ccccc1Oc1ccc(N)c(C)c1. The molecule has 0 fully saturated rings. The van der Waals surface area contributed by atoms with Crippen LogP contribution in [0.3, 0.4) is 0 Å². The molecule has 0 bridgehead atoms. The Balaban J connectivity index is 2.30. The Morgan fingerprint density at radius 2 is 1.89 bits per heavy atom. The second-order valence-electron chi connectivity index (χ2n) is 4.97. The molecular formula is C17H21NO. The third kappa shape index (κ3) is 3.08. The van der Waals surface area contributed by atoms with E-state index in [9.17, 15) is 0 Å². The number of benzene rings is 2. The van der Waals surface area contributed by atoms with Gasteiger partial charge in [0.1, 0.15) is 11.5 Å². The van der Waals surface area contributed by atoms with Gasteiger partial charge in [-0.2, -0.15) is 0 Å². The molecular weight excluding hydrogens is 234 g/mol. The van der Waals surface area contributed by atoms with Crippen molar-refractivity contribution < 1.29 is 4.74 Å². The minimum absolute atomic E-state index is 0.492. The summed E-state index contributed by atoms with van der Waals surface area (Å²) in [7, 11) is 0. The van der Waals surface area contributed by atoms with Gasteiger partial charge in [-0.1, -0.05) is 32.0 Å². The van der Waals surface area contributed by atoms with E-state index in [-0.39, 0.29) is 0 Å². The Bertz CT molecular complexity index is 563. The predicted octanol–water partition coefficient (Wildman–Crippen LogP) is 4.88. The number of para-hydroxylation sites is 1. The van der Waals surface area contributed by atoms with Crippen molar-refractivity contribution in [3.8, 4) is 11.5 Å². The highest BCUT2D eigenvalue weighted by molar-refractivity contribution is 5.51. The molecule has 100 valence electrons. The van der Waals surface area contributed by atoms with Crippen LogP contribution >= 0.6 is 0 Å². The summed E-state index contributed by atoms with van der Waals surface area (Å²) >= 11 is 0. The molecule has 0 spiro atoms. The van der Waals surface area contributed by atoms with E-state index in [0.29, 0.717) is 5.92 Å². The minimum atomic E-state index is 0.492. The first kappa shape index (κ1) is 13.5. The molecule has 2 rings (SSSR count). The summed E-state index contributed by atoms with van der Waals surface area (Å²) in [5.41, 5.74) is 8.91. The molecule has 2 N–H and O–H groups in total. The molecule has 0 radical (unpaired) electrons. The molecule has 2 aromatic carbocycles. The first-order valence-corrected chi connectivity index (χ1v) is 6.74. The van der Waals surface area contributed by atoms with Crippen LogP contribution in [0, 0.1) is 6.92 Å². The number of rotatable bonds is 4. The molecule has 1 unspecified atom stereocenters. The highest BCUT2D eigenvalue weighted by Gasteiger charge is 2.10. The maximum Gasteiger partial charge on any atom is 0.130 e. The van der Waals surface area contributed by atoms with Gasteiger partial charge in [0.05, 0.1) is 0 Å². The van der Waals surface area contributed by atoms with Crippen LogP contribution in [0.1, 0.15) is 37.3 Å². The molecule has 0 aliphatic rings. The fourth-order valence-corrected chi connectivity index (χ4v) is 2.04. The summed E-state index contributed by atoms with van der Waals surface area (Å²) in [5, 5.41) is 0. The van der Waals surface area contributed by atoms with Crippen molar-refractivity contribution in [3.05, 3.63) is 53.6 Å². The molecule has 2 aromatic rings. The molecule has 19 heavy (non-hydrogen) atoms. The second-order valence-corrected chi connectivity index (χ2v) is 4.97. The van der Waals surface area contributed by atoms with Crippen LogP contribution in [0.2, 0.25) is 0 Å². The van der Waals surface area contributed by atoms with Gasteiger partial charge in [-0.05, 0) is 54.7 Å². The topological polar surface area (TPSA) is 35.2 Å². The summed E-state index contributed by atoms with van der Waals surface area (Å²) in [4.78, 5) is 0. The molecule has 0 heterocycles. The van der Waals surface area contributed by atoms with Crippen LogP contribution in [-0.4, -0.2) is 0 Å². The van der Waals surface area contributed by atoms with E-state index in [2.05, 4.69) is 26.0 Å². The molecule has 2 heteroatoms. The number of hydrogen-bond acceptors (Lipinski definition) is 2. The van der Waals surface area contributed by atoms with Gasteiger partial charge in [0.25, 0.3) is 0 Å². The third-order valence-corrected chi connectivity index (χ3v) is 3.53. The lowest BCUT2D eigenvalue weighted by atomic mass is 9.98. The maximum absolute atomic E-state index is 6.01. The van der Waals surface area contributed by atoms with Gasteiger partial charge >= 0.3 is 0 Å². The van der Waals surface area contributed by atoms with Crippen molar-refractivity contribution in [2.45, 2.75) is 33.1 Å². The average molecular weight is 255 g/mol. The van der Waals surface area contributed by atoms with E-state index in [4.69, 9.17) is 10.5 Å². The van der Waals surface area contributed by atoms with Crippen LogP contribution in [0.5, 0.6) is 11.5 Å². The lowest BCUT2D eigenvalue weighted by molar-refractivity contribution is 0.470. The zero-order chi connectivity index (χ0) is 13.8. The lowest BCUT2D eigenvalue weighted by Crippen LogP contribution is -1.96. The summed E-state index contributed by atoms with van der Waals surface area (Å²) in [6.45, 7) is 6.40. The zero-order valence-electron chi connectivity index (χ0n) is 11.8. The molecule has 0 saturated carbocycles. The van der Waals surface area contributed by atoms with Crippen molar-refractivity contribution in [2.24, 2.45) is 0 Å². The Kier molecular flexibility index (Phi) is 4.10. The van der Waals surface area contributed by atoms with Crippen LogP contribution in [0.15, 0.2) is 42.5 Å². The fraction of sp³-hybridized carbons (Fsp3) is 0.294. The van der Waals surface area contributed by atoms with Crippen molar-refractivity contribution in [1.82, 2.24) is 0 Å². The highest BCUT2D eigenvalue weighted by Crippen LogP contribution is 2.32. The Morgan fingerprint density at radius 3 is 2.58 bits per heavy atom. The number of aryl methyl sites for hydroxylation is 1. The molecule has 0 aromatic heterocycles. The quantitative estimate of drug-likeness (QED) is 0.790. The lowest BCUT2D eigenvalue weighted by Gasteiger charge is -2.15. The molecule has 1 atom stereocenters. The van der Waals surface area contributed by atoms with E-state index >= 15 is 0 Å². The van der Waals surface area contributed by atoms with Crippen LogP contribution in [0.25, 0.3) is 0 Å². The van der Waals surface area contributed by atoms with Crippen LogP contribution in [0.4, 0.5) is 5.69 Å². The number of hydrogen-bond donors (Lipinski definition) is 1. The summed E-state index contributed by atoms with van der Waals surface area (Å²) in [5.74, 6) is 2.26. The average Bonchev–Trinajstić information content (AvgIpc) is 2.43. The molecule has 0 aliphatic heterocycles. The molecule has 0 saturated heterocycles. The maximum atomic E-state index is 6.01. The van der Waals surface area contributed by atoms with Crippen molar-refractivity contribution in [3.63, 3.8) is 0 Å². The van der Waals surface area contributed by atoms with Gasteiger partial charge in [0, 0.05) is 5.69 Å². The Morgan fingerprint density at radius 1 is 1.16 bits per heavy atom. The Hall–Kier alpha value is -1.96. The van der Waals surface area contributed by atoms with Crippen molar-refractivity contribution >= 4 is 5.69 Å². The van der Waals surface area contributed by atoms with E-state index < -0.39 is 0 Å². The third-order valence-electron chi connectivity index (χ3n) is 3.53. The van der Waals surface area contributed by atoms with Gasteiger partial charge in [-0.15, -0.1) is 0 Å². The largest absolute Gasteiger partial charge is 0.457 e. The van der Waals surface area contributed by atoms with E-state index in [1.165, 1.54) is 5.56 Å². The molecule has 0 aliphatic carbocycles. The van der Waals surface area contributed by atoms with Crippen LogP contribution < -0.4 is 10.5 Å². The number of nitrogen functional groups attached to an aromatic ring is 1. The van der Waals surface area contributed by atoms with Crippen molar-refractivity contribution in [1.29, 1.82) is 0 Å². The number of ether oxygens (including phenoxy) is 1. The number of anilines is 1. The first-order valence-electron chi connectivity index (χ1n) is 6.74. The molecule has 0 amide bonds. The normalized spacial score (nSPS) is 12.2. The fourth-order valence-electron chi connectivity index (χ4n) is 2.04. The van der Waals surface area contributed by atoms with Gasteiger partial charge in [0.15, 0.2) is 0 Å². The monoisotopic (exact) mass is 255 g/mol. The van der Waals surface area contributed by atoms with E-state index in [1.807, 2.05) is 37.3 Å². The minimum Gasteiger partial charge on any atom is -0.457 e. The predicted molar refractivity (Wildman–Crippen MR) is 80.8 cm³/mol. The first-order chi connectivity index (χ1) is 9.11. The smallest absolute Gasteiger partial charge is 0.130 e. The number of nitrogens with two attached hydrogens (primary N) is 1. The summed E-state index contributed by atoms with van der Waals surface area (Å²) in [6.07, 6.45) is 1.10. The highest BCUT2D eigenvalue weighted by atomic mass is 16.5. The van der Waals surface area contributed by atoms with Crippen LogP contribution in [-0.2, 0) is 0 Å². The Labute approximate surface area is 115 Å². The van der Waals surface area contributed by atoms with Gasteiger partial charge in [-0.3, -0.25) is 0 Å². The van der Waals surface area contributed by atoms with E-state index in [1.54, 1.807) is 0 Å². The summed E-state index contributed by atoms with van der Waals surface area (Å²) < 4.78 is 6.01. The zero-order valence-corrected chi connectivity index (χ0v) is 11.8. The second kappa shape index (κ2) is 5.79. The molecule has 2 nitrogen and oxygen atoms in total.